The lowest BCUT2D eigenvalue weighted by Gasteiger charge is -2.21. The van der Waals surface area contributed by atoms with Crippen LogP contribution in [0.25, 0.3) is 0 Å². The van der Waals surface area contributed by atoms with Gasteiger partial charge in [0, 0.05) is 11.3 Å². The number of aromatic nitrogens is 1. The summed E-state index contributed by atoms with van der Waals surface area (Å²) in [4.78, 5) is 4.69. The zero-order chi connectivity index (χ0) is 15.1. The van der Waals surface area contributed by atoms with Crippen LogP contribution >= 0.6 is 0 Å². The lowest BCUT2D eigenvalue weighted by Crippen LogP contribution is -2.24. The summed E-state index contributed by atoms with van der Waals surface area (Å²) in [6, 6.07) is 14.4. The number of hydrogen-bond acceptors (Lipinski definition) is 3. The molecule has 0 aliphatic rings. The Kier molecular flexibility index (Phi) is 5.76. The van der Waals surface area contributed by atoms with Gasteiger partial charge in [-0.2, -0.15) is 0 Å². The molecule has 0 spiro atoms. The molecule has 1 atom stereocenters. The Morgan fingerprint density at radius 3 is 2.62 bits per heavy atom. The lowest BCUT2D eigenvalue weighted by molar-refractivity contribution is 0.333. The molecule has 0 aliphatic carbocycles. The molecule has 0 amide bonds. The van der Waals surface area contributed by atoms with E-state index in [-0.39, 0.29) is 6.04 Å². The van der Waals surface area contributed by atoms with Crippen LogP contribution in [0.1, 0.15) is 43.3 Å². The van der Waals surface area contributed by atoms with Crippen molar-refractivity contribution in [2.45, 2.75) is 33.2 Å². The summed E-state index contributed by atoms with van der Waals surface area (Å²) in [5, 5.41) is 3.59. The molecule has 1 aromatic carbocycles. The van der Waals surface area contributed by atoms with Crippen LogP contribution in [0, 0.1) is 6.92 Å². The van der Waals surface area contributed by atoms with Gasteiger partial charge in [-0.3, -0.25) is 4.98 Å². The molecule has 0 radical (unpaired) electrons. The van der Waals surface area contributed by atoms with Crippen molar-refractivity contribution in [1.29, 1.82) is 0 Å². The fourth-order valence-electron chi connectivity index (χ4n) is 2.39. The second-order valence-corrected chi connectivity index (χ2v) is 5.06. The number of para-hydroxylation sites is 1. The fourth-order valence-corrected chi connectivity index (χ4v) is 2.39. The van der Waals surface area contributed by atoms with Gasteiger partial charge in [-0.05, 0) is 45.0 Å². The maximum absolute atomic E-state index is 5.78. The SMILES string of the molecule is CCCNC(c1cccc(C)n1)c1ccccc1OCC. The minimum absolute atomic E-state index is 0.0626. The molecule has 1 N–H and O–H groups in total. The van der Waals surface area contributed by atoms with Gasteiger partial charge in [0.1, 0.15) is 5.75 Å². The van der Waals surface area contributed by atoms with E-state index in [4.69, 9.17) is 4.74 Å². The van der Waals surface area contributed by atoms with Crippen molar-refractivity contribution in [1.82, 2.24) is 10.3 Å². The molecular formula is C18H24N2O. The normalized spacial score (nSPS) is 12.1. The number of ether oxygens (including phenoxy) is 1. The van der Waals surface area contributed by atoms with E-state index >= 15 is 0 Å². The summed E-state index contributed by atoms with van der Waals surface area (Å²) < 4.78 is 5.78. The molecule has 2 rings (SSSR count). The Hall–Kier alpha value is -1.87. The molecule has 1 heterocycles. The van der Waals surface area contributed by atoms with Crippen molar-refractivity contribution in [2.75, 3.05) is 13.2 Å². The molecule has 3 nitrogen and oxygen atoms in total. The average Bonchev–Trinajstić information content (AvgIpc) is 2.49. The lowest BCUT2D eigenvalue weighted by atomic mass is 10.0. The van der Waals surface area contributed by atoms with E-state index in [0.29, 0.717) is 6.61 Å². The van der Waals surface area contributed by atoms with Crippen molar-refractivity contribution in [2.24, 2.45) is 0 Å². The minimum Gasteiger partial charge on any atom is -0.494 e. The van der Waals surface area contributed by atoms with E-state index in [1.54, 1.807) is 0 Å². The number of nitrogens with one attached hydrogen (secondary N) is 1. The smallest absolute Gasteiger partial charge is 0.124 e. The highest BCUT2D eigenvalue weighted by molar-refractivity contribution is 5.40. The Morgan fingerprint density at radius 2 is 1.90 bits per heavy atom. The highest BCUT2D eigenvalue weighted by atomic mass is 16.5. The first-order valence-corrected chi connectivity index (χ1v) is 7.65. The van der Waals surface area contributed by atoms with Gasteiger partial charge >= 0.3 is 0 Å². The second kappa shape index (κ2) is 7.79. The molecule has 21 heavy (non-hydrogen) atoms. The summed E-state index contributed by atoms with van der Waals surface area (Å²) in [6.07, 6.45) is 1.08. The van der Waals surface area contributed by atoms with Crippen molar-refractivity contribution in [3.63, 3.8) is 0 Å². The van der Waals surface area contributed by atoms with E-state index in [2.05, 4.69) is 35.4 Å². The molecule has 1 unspecified atom stereocenters. The molecule has 112 valence electrons. The molecule has 0 saturated heterocycles. The van der Waals surface area contributed by atoms with Crippen LogP contribution in [0.2, 0.25) is 0 Å². The van der Waals surface area contributed by atoms with E-state index in [1.807, 2.05) is 38.1 Å². The standard InChI is InChI=1S/C18H24N2O/c1-4-13-19-18(16-11-8-9-14(3)20-16)15-10-6-7-12-17(15)21-5-2/h6-12,18-19H,4-5,13H2,1-3H3. The third-order valence-corrected chi connectivity index (χ3v) is 3.33. The second-order valence-electron chi connectivity index (χ2n) is 5.06. The summed E-state index contributed by atoms with van der Waals surface area (Å²) in [5.74, 6) is 0.928. The van der Waals surface area contributed by atoms with Crippen LogP contribution in [-0.4, -0.2) is 18.1 Å². The summed E-state index contributed by atoms with van der Waals surface area (Å²) >= 11 is 0. The first kappa shape index (κ1) is 15.5. The topological polar surface area (TPSA) is 34.2 Å². The first-order chi connectivity index (χ1) is 10.3. The molecule has 0 saturated carbocycles. The van der Waals surface area contributed by atoms with Gasteiger partial charge in [0.15, 0.2) is 0 Å². The number of nitrogens with zero attached hydrogens (tertiary/aromatic N) is 1. The number of hydrogen-bond donors (Lipinski definition) is 1. The molecule has 2 aromatic rings. The maximum Gasteiger partial charge on any atom is 0.124 e. The third kappa shape index (κ3) is 4.05. The van der Waals surface area contributed by atoms with Gasteiger partial charge in [0.05, 0.1) is 18.3 Å². The van der Waals surface area contributed by atoms with Crippen molar-refractivity contribution in [3.8, 4) is 5.75 Å². The first-order valence-electron chi connectivity index (χ1n) is 7.65. The van der Waals surface area contributed by atoms with Gasteiger partial charge in [-0.1, -0.05) is 31.2 Å². The van der Waals surface area contributed by atoms with Gasteiger partial charge in [-0.25, -0.2) is 0 Å². The Labute approximate surface area is 127 Å². The molecule has 1 aromatic heterocycles. The third-order valence-electron chi connectivity index (χ3n) is 3.33. The highest BCUT2D eigenvalue weighted by Gasteiger charge is 2.18. The number of aryl methyl sites for hydroxylation is 1. The van der Waals surface area contributed by atoms with E-state index in [9.17, 15) is 0 Å². The van der Waals surface area contributed by atoms with Crippen LogP contribution in [0.3, 0.4) is 0 Å². The van der Waals surface area contributed by atoms with Gasteiger partial charge < -0.3 is 10.1 Å². The largest absolute Gasteiger partial charge is 0.494 e. The Morgan fingerprint density at radius 1 is 1.10 bits per heavy atom. The Balaban J connectivity index is 2.40. The van der Waals surface area contributed by atoms with Crippen LogP contribution < -0.4 is 10.1 Å². The van der Waals surface area contributed by atoms with Gasteiger partial charge in [0.2, 0.25) is 0 Å². The van der Waals surface area contributed by atoms with E-state index in [1.165, 1.54) is 0 Å². The van der Waals surface area contributed by atoms with E-state index < -0.39 is 0 Å². The van der Waals surface area contributed by atoms with Crippen LogP contribution in [0.5, 0.6) is 5.75 Å². The average molecular weight is 284 g/mol. The fraction of sp³-hybridized carbons (Fsp3) is 0.389. The predicted molar refractivity (Wildman–Crippen MR) is 86.7 cm³/mol. The summed E-state index contributed by atoms with van der Waals surface area (Å²) in [6.45, 7) is 7.81. The molecule has 0 bridgehead atoms. The zero-order valence-electron chi connectivity index (χ0n) is 13.1. The predicted octanol–water partition coefficient (Wildman–Crippen LogP) is 3.88. The summed E-state index contributed by atoms with van der Waals surface area (Å²) in [7, 11) is 0. The van der Waals surface area contributed by atoms with Crippen molar-refractivity contribution in [3.05, 3.63) is 59.4 Å². The highest BCUT2D eigenvalue weighted by Crippen LogP contribution is 2.29. The summed E-state index contributed by atoms with van der Waals surface area (Å²) in [5.41, 5.74) is 3.21. The molecule has 0 fully saturated rings. The number of pyridine rings is 1. The van der Waals surface area contributed by atoms with Crippen molar-refractivity contribution >= 4 is 0 Å². The van der Waals surface area contributed by atoms with Crippen LogP contribution in [0.15, 0.2) is 42.5 Å². The monoisotopic (exact) mass is 284 g/mol. The van der Waals surface area contributed by atoms with E-state index in [0.717, 1.165) is 35.7 Å². The quantitative estimate of drug-likeness (QED) is 0.838. The maximum atomic E-state index is 5.78. The van der Waals surface area contributed by atoms with Gasteiger partial charge in [0.25, 0.3) is 0 Å². The number of rotatable bonds is 7. The zero-order valence-corrected chi connectivity index (χ0v) is 13.1. The Bertz CT molecular complexity index is 569. The molecular weight excluding hydrogens is 260 g/mol. The molecule has 0 aliphatic heterocycles. The van der Waals surface area contributed by atoms with Gasteiger partial charge in [-0.15, -0.1) is 0 Å². The molecule has 3 heteroatoms. The minimum atomic E-state index is 0.0626. The van der Waals surface area contributed by atoms with Crippen LogP contribution in [0.4, 0.5) is 0 Å². The van der Waals surface area contributed by atoms with Crippen molar-refractivity contribution < 1.29 is 4.74 Å². The van der Waals surface area contributed by atoms with Crippen LogP contribution in [-0.2, 0) is 0 Å². The number of benzene rings is 1.